The summed E-state index contributed by atoms with van der Waals surface area (Å²) in [5.74, 6) is -0.582. The molecule has 0 saturated carbocycles. The maximum atomic E-state index is 12.6. The fourth-order valence-electron chi connectivity index (χ4n) is 2.30. The third-order valence-electron chi connectivity index (χ3n) is 3.26. The van der Waals surface area contributed by atoms with Gasteiger partial charge in [-0.15, -0.1) is 0 Å². The van der Waals surface area contributed by atoms with E-state index >= 15 is 0 Å². The molecule has 0 radical (unpaired) electrons. The lowest BCUT2D eigenvalue weighted by atomic mass is 10.0. The first-order valence-electron chi connectivity index (χ1n) is 6.67. The van der Waals surface area contributed by atoms with E-state index in [0.717, 1.165) is 19.3 Å². The minimum atomic E-state index is -3.71. The van der Waals surface area contributed by atoms with Gasteiger partial charge in [-0.3, -0.25) is 4.79 Å². The number of benzene rings is 1. The van der Waals surface area contributed by atoms with Crippen molar-refractivity contribution in [1.29, 1.82) is 0 Å². The molecular formula is C15H18O4S. The summed E-state index contributed by atoms with van der Waals surface area (Å²) in [6.07, 6.45) is 5.34. The van der Waals surface area contributed by atoms with Crippen LogP contribution in [0.5, 0.6) is 0 Å². The fraction of sp³-hybridized carbons (Fsp3) is 0.400. The maximum Gasteiger partial charge on any atom is 0.304 e. The van der Waals surface area contributed by atoms with Crippen molar-refractivity contribution >= 4 is 15.8 Å². The van der Waals surface area contributed by atoms with Crippen molar-refractivity contribution < 1.29 is 17.9 Å². The summed E-state index contributed by atoms with van der Waals surface area (Å²) in [6, 6.07) is 8.12. The molecule has 2 rings (SSSR count). The van der Waals surface area contributed by atoms with Crippen molar-refractivity contribution in [3.63, 3.8) is 0 Å². The Bertz CT molecular complexity index is 602. The molecule has 0 fully saturated rings. The fourth-order valence-corrected chi connectivity index (χ4v) is 3.96. The first kappa shape index (κ1) is 14.8. The molecule has 0 N–H and O–H groups in total. The molecule has 1 aromatic carbocycles. The zero-order chi connectivity index (χ0) is 14.6. The molecule has 0 aromatic heterocycles. The van der Waals surface area contributed by atoms with Gasteiger partial charge in [0.25, 0.3) is 0 Å². The zero-order valence-corrected chi connectivity index (χ0v) is 12.2. The van der Waals surface area contributed by atoms with Gasteiger partial charge in [0.15, 0.2) is 0 Å². The Morgan fingerprint density at radius 3 is 2.45 bits per heavy atom. The number of allylic oxidation sites excluding steroid dienone is 1. The summed E-state index contributed by atoms with van der Waals surface area (Å²) in [5, 5.41) is 0. The molecule has 4 nitrogen and oxygen atoms in total. The van der Waals surface area contributed by atoms with Gasteiger partial charge in [-0.25, -0.2) is 8.42 Å². The van der Waals surface area contributed by atoms with Crippen molar-refractivity contribution in [2.45, 2.75) is 42.9 Å². The van der Waals surface area contributed by atoms with Crippen LogP contribution in [-0.2, 0) is 19.4 Å². The lowest BCUT2D eigenvalue weighted by Crippen LogP contribution is -2.29. The summed E-state index contributed by atoms with van der Waals surface area (Å²) in [6.45, 7) is 1.23. The van der Waals surface area contributed by atoms with E-state index in [9.17, 15) is 13.2 Å². The number of carbonyl (C=O) groups is 1. The SMILES string of the molecule is CC(=O)O[C@H](C1=CCCCC1)S(=O)(=O)c1ccccc1. The molecule has 20 heavy (non-hydrogen) atoms. The number of hydrogen-bond donors (Lipinski definition) is 0. The van der Waals surface area contributed by atoms with Gasteiger partial charge in [0.1, 0.15) is 0 Å². The number of ether oxygens (including phenoxy) is 1. The number of sulfone groups is 1. The van der Waals surface area contributed by atoms with Gasteiger partial charge < -0.3 is 4.74 Å². The van der Waals surface area contributed by atoms with Gasteiger partial charge in [-0.1, -0.05) is 24.3 Å². The summed E-state index contributed by atoms with van der Waals surface area (Å²) in [4.78, 5) is 11.4. The Labute approximate surface area is 119 Å². The number of hydrogen-bond acceptors (Lipinski definition) is 4. The monoisotopic (exact) mass is 294 g/mol. The van der Waals surface area contributed by atoms with Gasteiger partial charge in [-0.05, 0) is 43.4 Å². The van der Waals surface area contributed by atoms with Crippen LogP contribution in [0.4, 0.5) is 0 Å². The van der Waals surface area contributed by atoms with Crippen molar-refractivity contribution in [3.05, 3.63) is 42.0 Å². The van der Waals surface area contributed by atoms with Crippen molar-refractivity contribution in [2.75, 3.05) is 0 Å². The van der Waals surface area contributed by atoms with Crippen LogP contribution in [0.25, 0.3) is 0 Å². The van der Waals surface area contributed by atoms with Gasteiger partial charge in [0, 0.05) is 6.92 Å². The lowest BCUT2D eigenvalue weighted by molar-refractivity contribution is -0.141. The van der Waals surface area contributed by atoms with E-state index in [0.29, 0.717) is 12.0 Å². The van der Waals surface area contributed by atoms with Crippen molar-refractivity contribution in [3.8, 4) is 0 Å². The third kappa shape index (κ3) is 3.28. The summed E-state index contributed by atoms with van der Waals surface area (Å²) in [7, 11) is -3.71. The molecule has 0 bridgehead atoms. The quantitative estimate of drug-likeness (QED) is 0.633. The largest absolute Gasteiger partial charge is 0.441 e. The number of carbonyl (C=O) groups excluding carboxylic acids is 1. The molecule has 5 heteroatoms. The van der Waals surface area contributed by atoms with Gasteiger partial charge in [0.2, 0.25) is 15.3 Å². The minimum Gasteiger partial charge on any atom is -0.441 e. The van der Waals surface area contributed by atoms with Crippen LogP contribution in [0.15, 0.2) is 46.9 Å². The maximum absolute atomic E-state index is 12.6. The van der Waals surface area contributed by atoms with Crippen LogP contribution in [0.1, 0.15) is 32.6 Å². The second kappa shape index (κ2) is 6.22. The molecule has 0 heterocycles. The van der Waals surface area contributed by atoms with Crippen molar-refractivity contribution in [1.82, 2.24) is 0 Å². The molecule has 108 valence electrons. The minimum absolute atomic E-state index is 0.178. The number of rotatable bonds is 4. The Hall–Kier alpha value is -1.62. The predicted molar refractivity (Wildman–Crippen MR) is 75.7 cm³/mol. The lowest BCUT2D eigenvalue weighted by Gasteiger charge is -2.23. The van der Waals surface area contributed by atoms with Crippen LogP contribution >= 0.6 is 0 Å². The Morgan fingerprint density at radius 1 is 1.20 bits per heavy atom. The highest BCUT2D eigenvalue weighted by Gasteiger charge is 2.33. The normalized spacial score (nSPS) is 17.1. The Kier molecular flexibility index (Phi) is 4.60. The summed E-state index contributed by atoms with van der Waals surface area (Å²) < 4.78 is 30.4. The molecule has 1 aliphatic carbocycles. The molecule has 0 unspecified atom stereocenters. The smallest absolute Gasteiger partial charge is 0.304 e. The van der Waals surface area contributed by atoms with E-state index in [2.05, 4.69) is 0 Å². The topological polar surface area (TPSA) is 60.4 Å². The van der Waals surface area contributed by atoms with E-state index in [1.807, 2.05) is 6.08 Å². The molecule has 0 spiro atoms. The molecule has 0 saturated heterocycles. The predicted octanol–water partition coefficient (Wildman–Crippen LogP) is 2.85. The van der Waals surface area contributed by atoms with Gasteiger partial charge in [-0.2, -0.15) is 0 Å². The Balaban J connectivity index is 2.40. The average Bonchev–Trinajstić information content (AvgIpc) is 2.46. The van der Waals surface area contributed by atoms with E-state index in [1.54, 1.807) is 18.2 Å². The van der Waals surface area contributed by atoms with Gasteiger partial charge >= 0.3 is 5.97 Å². The highest BCUT2D eigenvalue weighted by molar-refractivity contribution is 7.92. The zero-order valence-electron chi connectivity index (χ0n) is 11.4. The highest BCUT2D eigenvalue weighted by Crippen LogP contribution is 2.29. The standard InChI is InChI=1S/C15H18O4S/c1-12(16)19-15(13-8-4-2-5-9-13)20(17,18)14-10-6-3-7-11-14/h3,6-8,10-11,15H,2,4-5,9H2,1H3/t15-/m0/s1. The second-order valence-electron chi connectivity index (χ2n) is 4.82. The van der Waals surface area contributed by atoms with Crippen LogP contribution in [-0.4, -0.2) is 19.8 Å². The first-order chi connectivity index (χ1) is 9.51. The van der Waals surface area contributed by atoms with Crippen molar-refractivity contribution in [2.24, 2.45) is 0 Å². The van der Waals surface area contributed by atoms with Crippen LogP contribution in [0.3, 0.4) is 0 Å². The van der Waals surface area contributed by atoms with Gasteiger partial charge in [0.05, 0.1) is 4.90 Å². The summed E-state index contributed by atoms with van der Waals surface area (Å²) in [5.41, 5.74) is -0.502. The molecule has 1 aliphatic rings. The third-order valence-corrected chi connectivity index (χ3v) is 5.15. The molecule has 0 aliphatic heterocycles. The second-order valence-corrected chi connectivity index (χ2v) is 6.81. The van der Waals surface area contributed by atoms with E-state index < -0.39 is 21.2 Å². The molecule has 0 amide bonds. The first-order valence-corrected chi connectivity index (χ1v) is 8.21. The number of esters is 1. The molecule has 1 atom stereocenters. The van der Waals surface area contributed by atoms with Crippen LogP contribution in [0, 0.1) is 0 Å². The van der Waals surface area contributed by atoms with E-state index in [-0.39, 0.29) is 4.90 Å². The van der Waals surface area contributed by atoms with Crippen LogP contribution in [0.2, 0.25) is 0 Å². The van der Waals surface area contributed by atoms with E-state index in [4.69, 9.17) is 4.74 Å². The summed E-state index contributed by atoms with van der Waals surface area (Å²) >= 11 is 0. The van der Waals surface area contributed by atoms with Crippen LogP contribution < -0.4 is 0 Å². The molecular weight excluding hydrogens is 276 g/mol. The Morgan fingerprint density at radius 2 is 1.90 bits per heavy atom. The highest BCUT2D eigenvalue weighted by atomic mass is 32.2. The molecule has 1 aromatic rings. The van der Waals surface area contributed by atoms with E-state index in [1.165, 1.54) is 19.1 Å². The average molecular weight is 294 g/mol.